The van der Waals surface area contributed by atoms with Crippen LogP contribution in [-0.2, 0) is 11.2 Å². The average molecular weight is 359 g/mol. The number of hydrogen-bond acceptors (Lipinski definition) is 2. The zero-order chi connectivity index (χ0) is 18.7. The van der Waals surface area contributed by atoms with Crippen LogP contribution < -0.4 is 5.32 Å². The number of nitrogens with one attached hydrogen (secondary N) is 2. The molecule has 1 aliphatic rings. The van der Waals surface area contributed by atoms with Crippen LogP contribution in [0.4, 0.5) is 4.39 Å². The Hall–Kier alpha value is -1.88. The number of H-pyrrole nitrogens is 1. The number of amides is 1. The zero-order valence-electron chi connectivity index (χ0n) is 16.0. The number of likely N-dealkylation sites (tertiary alicyclic amines) is 1. The molecule has 5 heteroatoms. The number of aromatic nitrogens is 1. The summed E-state index contributed by atoms with van der Waals surface area (Å²) < 4.78 is 13.5. The van der Waals surface area contributed by atoms with Crippen LogP contribution in [0.5, 0.6) is 0 Å². The molecule has 2 heterocycles. The lowest BCUT2D eigenvalue weighted by Gasteiger charge is -2.38. The third-order valence-electron chi connectivity index (χ3n) is 5.65. The molecule has 26 heavy (non-hydrogen) atoms. The molecule has 1 unspecified atom stereocenters. The Bertz CT molecular complexity index is 747. The summed E-state index contributed by atoms with van der Waals surface area (Å²) in [5, 5.41) is 3.88. The van der Waals surface area contributed by atoms with E-state index in [1.54, 1.807) is 12.3 Å². The first-order valence-electron chi connectivity index (χ1n) is 9.70. The predicted molar refractivity (Wildman–Crippen MR) is 104 cm³/mol. The van der Waals surface area contributed by atoms with Crippen molar-refractivity contribution in [3.05, 3.63) is 35.8 Å². The highest BCUT2D eigenvalue weighted by Crippen LogP contribution is 2.22. The van der Waals surface area contributed by atoms with E-state index < -0.39 is 0 Å². The van der Waals surface area contributed by atoms with Crippen molar-refractivity contribution in [1.82, 2.24) is 15.2 Å². The van der Waals surface area contributed by atoms with E-state index >= 15 is 0 Å². The van der Waals surface area contributed by atoms with E-state index in [0.29, 0.717) is 18.5 Å². The molecule has 2 N–H and O–H groups in total. The van der Waals surface area contributed by atoms with Crippen molar-refractivity contribution in [3.8, 4) is 0 Å². The quantitative estimate of drug-likeness (QED) is 0.826. The maximum absolute atomic E-state index is 13.5. The molecule has 1 aromatic carbocycles. The van der Waals surface area contributed by atoms with Gasteiger partial charge in [-0.25, -0.2) is 4.39 Å². The van der Waals surface area contributed by atoms with E-state index in [0.717, 1.165) is 35.5 Å². The largest absolute Gasteiger partial charge is 0.361 e. The van der Waals surface area contributed by atoms with Gasteiger partial charge in [0.25, 0.3) is 0 Å². The average Bonchev–Trinajstić information content (AvgIpc) is 2.98. The molecule has 3 rings (SSSR count). The minimum atomic E-state index is -0.280. The highest BCUT2D eigenvalue weighted by molar-refractivity contribution is 5.88. The summed E-state index contributed by atoms with van der Waals surface area (Å²) in [6.45, 7) is 9.65. The van der Waals surface area contributed by atoms with Gasteiger partial charge in [-0.05, 0) is 61.5 Å². The van der Waals surface area contributed by atoms with Gasteiger partial charge >= 0.3 is 0 Å². The Labute approximate surface area is 155 Å². The number of halogens is 1. The summed E-state index contributed by atoms with van der Waals surface area (Å²) >= 11 is 0. The molecule has 1 aliphatic heterocycles. The lowest BCUT2D eigenvalue weighted by molar-refractivity contribution is -0.120. The van der Waals surface area contributed by atoms with Crippen LogP contribution in [0.15, 0.2) is 24.4 Å². The number of rotatable bonds is 6. The number of aromatic amines is 1. The normalized spacial score (nSPS) is 17.7. The van der Waals surface area contributed by atoms with Gasteiger partial charge in [0.2, 0.25) is 5.91 Å². The van der Waals surface area contributed by atoms with Crippen molar-refractivity contribution in [2.75, 3.05) is 19.6 Å². The van der Waals surface area contributed by atoms with Crippen LogP contribution in [0.25, 0.3) is 10.9 Å². The monoisotopic (exact) mass is 359 g/mol. The maximum Gasteiger partial charge on any atom is 0.224 e. The maximum atomic E-state index is 13.5. The third kappa shape index (κ3) is 4.44. The van der Waals surface area contributed by atoms with E-state index in [9.17, 15) is 9.18 Å². The van der Waals surface area contributed by atoms with Crippen molar-refractivity contribution in [2.45, 2.75) is 46.1 Å². The Morgan fingerprint density at radius 3 is 2.77 bits per heavy atom. The Balaban J connectivity index is 1.58. The number of nitrogens with zero attached hydrogens (tertiary/aromatic N) is 1. The summed E-state index contributed by atoms with van der Waals surface area (Å²) in [4.78, 5) is 18.1. The molecule has 1 atom stereocenters. The summed E-state index contributed by atoms with van der Waals surface area (Å²) in [5.74, 6) is 1.01. The molecule has 4 nitrogen and oxygen atoms in total. The molecule has 0 radical (unpaired) electrons. The molecule has 2 aromatic rings. The van der Waals surface area contributed by atoms with Gasteiger partial charge in [0.15, 0.2) is 0 Å². The van der Waals surface area contributed by atoms with Gasteiger partial charge in [0, 0.05) is 29.7 Å². The fourth-order valence-electron chi connectivity index (χ4n) is 3.90. The lowest BCUT2D eigenvalue weighted by atomic mass is 9.94. The molecule has 0 saturated carbocycles. The molecule has 0 bridgehead atoms. The van der Waals surface area contributed by atoms with Crippen molar-refractivity contribution < 1.29 is 9.18 Å². The summed E-state index contributed by atoms with van der Waals surface area (Å²) in [6.07, 6.45) is 4.54. The second-order valence-electron chi connectivity index (χ2n) is 8.01. The Morgan fingerprint density at radius 1 is 1.35 bits per heavy atom. The molecule has 1 amide bonds. The standard InChI is InChI=1S/C21H30FN3O/c1-14(2)20(25-8-6-15(3)7-9-25)13-24-21(26)10-16-12-23-19-5-4-17(22)11-18(16)19/h4-5,11-12,14-15,20,23H,6-10,13H2,1-3H3,(H,24,26). The van der Waals surface area contributed by atoms with Crippen LogP contribution in [0.1, 0.15) is 39.2 Å². The number of carbonyl (C=O) groups excluding carboxylic acids is 1. The van der Waals surface area contributed by atoms with Crippen molar-refractivity contribution in [3.63, 3.8) is 0 Å². The molecule has 0 spiro atoms. The number of piperidine rings is 1. The van der Waals surface area contributed by atoms with Crippen molar-refractivity contribution in [1.29, 1.82) is 0 Å². The highest BCUT2D eigenvalue weighted by atomic mass is 19.1. The first-order valence-corrected chi connectivity index (χ1v) is 9.70. The third-order valence-corrected chi connectivity index (χ3v) is 5.65. The van der Waals surface area contributed by atoms with E-state index in [1.807, 2.05) is 0 Å². The van der Waals surface area contributed by atoms with Crippen LogP contribution in [-0.4, -0.2) is 41.5 Å². The molecular formula is C21H30FN3O. The SMILES string of the molecule is CC1CCN(C(CNC(=O)Cc2c[nH]c3ccc(F)cc23)C(C)C)CC1. The fourth-order valence-corrected chi connectivity index (χ4v) is 3.90. The minimum absolute atomic E-state index is 0.00816. The van der Waals surface area contributed by atoms with E-state index in [2.05, 4.69) is 36.0 Å². The van der Waals surface area contributed by atoms with Crippen LogP contribution in [0.3, 0.4) is 0 Å². The summed E-state index contributed by atoms with van der Waals surface area (Å²) in [5.41, 5.74) is 1.70. The van der Waals surface area contributed by atoms with Gasteiger partial charge in [-0.15, -0.1) is 0 Å². The van der Waals surface area contributed by atoms with Crippen LogP contribution >= 0.6 is 0 Å². The Kier molecular flexibility index (Phi) is 5.97. The summed E-state index contributed by atoms with van der Waals surface area (Å²) in [6, 6.07) is 4.99. The predicted octanol–water partition coefficient (Wildman–Crippen LogP) is 3.72. The Morgan fingerprint density at radius 2 is 2.08 bits per heavy atom. The topological polar surface area (TPSA) is 48.1 Å². The van der Waals surface area contributed by atoms with Crippen LogP contribution in [0.2, 0.25) is 0 Å². The molecule has 1 aromatic heterocycles. The smallest absolute Gasteiger partial charge is 0.224 e. The minimum Gasteiger partial charge on any atom is -0.361 e. The van der Waals surface area contributed by atoms with Crippen LogP contribution in [0, 0.1) is 17.7 Å². The van der Waals surface area contributed by atoms with Gasteiger partial charge in [0.1, 0.15) is 5.82 Å². The first-order chi connectivity index (χ1) is 12.4. The number of carbonyl (C=O) groups is 1. The first kappa shape index (κ1) is 18.9. The molecular weight excluding hydrogens is 329 g/mol. The molecule has 1 saturated heterocycles. The van der Waals surface area contributed by atoms with E-state index in [-0.39, 0.29) is 18.1 Å². The van der Waals surface area contributed by atoms with E-state index in [1.165, 1.54) is 25.0 Å². The fraction of sp³-hybridized carbons (Fsp3) is 0.571. The van der Waals surface area contributed by atoms with Gasteiger partial charge in [-0.3, -0.25) is 9.69 Å². The zero-order valence-corrected chi connectivity index (χ0v) is 16.0. The second-order valence-corrected chi connectivity index (χ2v) is 8.01. The highest BCUT2D eigenvalue weighted by Gasteiger charge is 2.26. The van der Waals surface area contributed by atoms with Gasteiger partial charge in [-0.1, -0.05) is 20.8 Å². The summed E-state index contributed by atoms with van der Waals surface area (Å²) in [7, 11) is 0. The van der Waals surface area contributed by atoms with E-state index in [4.69, 9.17) is 0 Å². The molecule has 1 fully saturated rings. The van der Waals surface area contributed by atoms with Gasteiger partial charge in [0.05, 0.1) is 6.42 Å². The molecule has 142 valence electrons. The second kappa shape index (κ2) is 8.21. The van der Waals surface area contributed by atoms with Gasteiger partial charge < -0.3 is 10.3 Å². The number of hydrogen-bond donors (Lipinski definition) is 2. The molecule has 0 aliphatic carbocycles. The van der Waals surface area contributed by atoms with Crippen molar-refractivity contribution >= 4 is 16.8 Å². The van der Waals surface area contributed by atoms with Crippen molar-refractivity contribution in [2.24, 2.45) is 11.8 Å². The number of fused-ring (bicyclic) bond motifs is 1. The van der Waals surface area contributed by atoms with Gasteiger partial charge in [-0.2, -0.15) is 0 Å². The lowest BCUT2D eigenvalue weighted by Crippen LogP contribution is -2.49. The number of benzene rings is 1.